The molecule has 0 radical (unpaired) electrons. The summed E-state index contributed by atoms with van der Waals surface area (Å²) in [6.07, 6.45) is 0. The monoisotopic (exact) mass is 192 g/mol. The maximum absolute atomic E-state index is 5.23. The van der Waals surface area contributed by atoms with Gasteiger partial charge in [-0.05, 0) is 12.1 Å². The molecule has 1 heterocycles. The number of benzene rings is 1. The van der Waals surface area contributed by atoms with Gasteiger partial charge in [-0.1, -0.05) is 6.07 Å². The van der Waals surface area contributed by atoms with E-state index in [0.717, 1.165) is 18.0 Å². The van der Waals surface area contributed by atoms with Crippen LogP contribution in [-0.2, 0) is 4.74 Å². The van der Waals surface area contributed by atoms with Crippen LogP contribution < -0.4 is 10.1 Å². The first-order valence-corrected chi connectivity index (χ1v) is 4.47. The summed E-state index contributed by atoms with van der Waals surface area (Å²) in [6, 6.07) is 8.22. The molecule has 0 saturated heterocycles. The standard InChI is InChI=1S/C10H12N2O2/c1-13-9-4-2-3-8(7-9)12-10-11-5-6-14-10/h2-4,7H,5-6H2,1H3,(H,11,12). The number of nitrogens with one attached hydrogen (secondary N) is 1. The SMILES string of the molecule is COc1cccc(NC2=NCCO2)c1. The van der Waals surface area contributed by atoms with E-state index in [4.69, 9.17) is 9.47 Å². The molecule has 74 valence electrons. The van der Waals surface area contributed by atoms with Gasteiger partial charge in [0.1, 0.15) is 12.4 Å². The molecule has 0 unspecified atom stereocenters. The van der Waals surface area contributed by atoms with E-state index in [2.05, 4.69) is 10.3 Å². The molecule has 1 aliphatic heterocycles. The van der Waals surface area contributed by atoms with Crippen LogP contribution in [0.5, 0.6) is 5.75 Å². The number of methoxy groups -OCH3 is 1. The van der Waals surface area contributed by atoms with Gasteiger partial charge in [0.25, 0.3) is 6.02 Å². The van der Waals surface area contributed by atoms with Crippen molar-refractivity contribution in [3.63, 3.8) is 0 Å². The molecule has 0 saturated carbocycles. The van der Waals surface area contributed by atoms with Gasteiger partial charge in [-0.25, -0.2) is 4.99 Å². The molecular formula is C10H12N2O2. The molecule has 1 aliphatic rings. The molecule has 1 aromatic rings. The fourth-order valence-electron chi connectivity index (χ4n) is 1.24. The Morgan fingerprint density at radius 3 is 3.14 bits per heavy atom. The van der Waals surface area contributed by atoms with Gasteiger partial charge in [-0.2, -0.15) is 0 Å². The van der Waals surface area contributed by atoms with Gasteiger partial charge in [0.2, 0.25) is 0 Å². The van der Waals surface area contributed by atoms with Crippen LogP contribution in [0.3, 0.4) is 0 Å². The molecule has 0 aliphatic carbocycles. The van der Waals surface area contributed by atoms with Crippen molar-refractivity contribution in [3.05, 3.63) is 24.3 Å². The molecular weight excluding hydrogens is 180 g/mol. The fourth-order valence-corrected chi connectivity index (χ4v) is 1.24. The van der Waals surface area contributed by atoms with Crippen LogP contribution in [-0.4, -0.2) is 26.3 Å². The van der Waals surface area contributed by atoms with Crippen molar-refractivity contribution in [2.75, 3.05) is 25.6 Å². The number of nitrogens with zero attached hydrogens (tertiary/aromatic N) is 1. The van der Waals surface area contributed by atoms with Crippen LogP contribution in [0, 0.1) is 0 Å². The molecule has 0 atom stereocenters. The fraction of sp³-hybridized carbons (Fsp3) is 0.300. The van der Waals surface area contributed by atoms with E-state index < -0.39 is 0 Å². The summed E-state index contributed by atoms with van der Waals surface area (Å²) < 4.78 is 10.3. The first-order valence-electron chi connectivity index (χ1n) is 4.47. The van der Waals surface area contributed by atoms with Crippen LogP contribution in [0.4, 0.5) is 5.69 Å². The van der Waals surface area contributed by atoms with Crippen molar-refractivity contribution in [3.8, 4) is 5.75 Å². The maximum Gasteiger partial charge on any atom is 0.289 e. The Morgan fingerprint density at radius 1 is 1.50 bits per heavy atom. The summed E-state index contributed by atoms with van der Waals surface area (Å²) in [6.45, 7) is 1.39. The third kappa shape index (κ3) is 1.96. The number of anilines is 1. The highest BCUT2D eigenvalue weighted by molar-refractivity contribution is 5.89. The Morgan fingerprint density at radius 2 is 2.43 bits per heavy atom. The first-order chi connectivity index (χ1) is 6.88. The lowest BCUT2D eigenvalue weighted by Crippen LogP contribution is -2.11. The average molecular weight is 192 g/mol. The van der Waals surface area contributed by atoms with Gasteiger partial charge in [-0.15, -0.1) is 0 Å². The van der Waals surface area contributed by atoms with Crippen LogP contribution >= 0.6 is 0 Å². The normalized spacial score (nSPS) is 14.5. The molecule has 0 amide bonds. The number of amidine groups is 1. The van der Waals surface area contributed by atoms with E-state index in [1.165, 1.54) is 0 Å². The lowest BCUT2D eigenvalue weighted by atomic mass is 10.3. The quantitative estimate of drug-likeness (QED) is 0.772. The summed E-state index contributed by atoms with van der Waals surface area (Å²) in [5, 5.41) is 3.06. The topological polar surface area (TPSA) is 42.8 Å². The largest absolute Gasteiger partial charge is 0.497 e. The second-order valence-electron chi connectivity index (χ2n) is 2.89. The highest BCUT2D eigenvalue weighted by Gasteiger charge is 2.06. The van der Waals surface area contributed by atoms with Crippen LogP contribution in [0.25, 0.3) is 0 Å². The van der Waals surface area contributed by atoms with Gasteiger partial charge in [0.05, 0.1) is 13.7 Å². The van der Waals surface area contributed by atoms with E-state index >= 15 is 0 Å². The first kappa shape index (κ1) is 8.87. The van der Waals surface area contributed by atoms with Gasteiger partial charge < -0.3 is 14.8 Å². The zero-order valence-electron chi connectivity index (χ0n) is 7.99. The Labute approximate surface area is 82.6 Å². The Hall–Kier alpha value is -1.71. The number of hydrogen-bond acceptors (Lipinski definition) is 4. The maximum atomic E-state index is 5.23. The van der Waals surface area contributed by atoms with Crippen molar-refractivity contribution in [1.82, 2.24) is 0 Å². The Bertz CT molecular complexity index is 350. The molecule has 4 nitrogen and oxygen atoms in total. The predicted molar refractivity (Wildman–Crippen MR) is 54.9 cm³/mol. The predicted octanol–water partition coefficient (Wildman–Crippen LogP) is 1.49. The molecule has 0 aromatic heterocycles. The second kappa shape index (κ2) is 4.00. The highest BCUT2D eigenvalue weighted by atomic mass is 16.5. The minimum Gasteiger partial charge on any atom is -0.497 e. The van der Waals surface area contributed by atoms with Gasteiger partial charge >= 0.3 is 0 Å². The van der Waals surface area contributed by atoms with Crippen molar-refractivity contribution < 1.29 is 9.47 Å². The molecule has 4 heteroatoms. The third-order valence-corrected chi connectivity index (χ3v) is 1.91. The molecule has 2 rings (SSSR count). The zero-order valence-corrected chi connectivity index (χ0v) is 7.99. The van der Waals surface area contributed by atoms with E-state index in [9.17, 15) is 0 Å². The molecule has 1 N–H and O–H groups in total. The zero-order chi connectivity index (χ0) is 9.80. The van der Waals surface area contributed by atoms with E-state index in [0.29, 0.717) is 12.6 Å². The highest BCUT2D eigenvalue weighted by Crippen LogP contribution is 2.17. The third-order valence-electron chi connectivity index (χ3n) is 1.91. The van der Waals surface area contributed by atoms with Gasteiger partial charge in [0, 0.05) is 11.8 Å². The molecule has 0 fully saturated rings. The number of aliphatic imine (C=N–C) groups is 1. The second-order valence-corrected chi connectivity index (χ2v) is 2.89. The van der Waals surface area contributed by atoms with Crippen LogP contribution in [0.2, 0.25) is 0 Å². The molecule has 0 bridgehead atoms. The molecule has 0 spiro atoms. The summed E-state index contributed by atoms with van der Waals surface area (Å²) in [5.41, 5.74) is 0.921. The smallest absolute Gasteiger partial charge is 0.289 e. The van der Waals surface area contributed by atoms with E-state index in [1.54, 1.807) is 7.11 Å². The minimum absolute atomic E-state index is 0.582. The molecule has 1 aromatic carbocycles. The van der Waals surface area contributed by atoms with Crippen molar-refractivity contribution in [2.45, 2.75) is 0 Å². The number of rotatable bonds is 2. The molecule has 14 heavy (non-hydrogen) atoms. The average Bonchev–Trinajstić information content (AvgIpc) is 2.71. The lowest BCUT2D eigenvalue weighted by Gasteiger charge is -2.06. The Kier molecular flexibility index (Phi) is 2.53. The van der Waals surface area contributed by atoms with E-state index in [-0.39, 0.29) is 0 Å². The van der Waals surface area contributed by atoms with Crippen molar-refractivity contribution >= 4 is 11.7 Å². The van der Waals surface area contributed by atoms with Crippen molar-refractivity contribution in [1.29, 1.82) is 0 Å². The minimum atomic E-state index is 0.582. The van der Waals surface area contributed by atoms with Crippen LogP contribution in [0.1, 0.15) is 0 Å². The Balaban J connectivity index is 2.08. The van der Waals surface area contributed by atoms with Gasteiger partial charge in [-0.3, -0.25) is 0 Å². The lowest BCUT2D eigenvalue weighted by molar-refractivity contribution is 0.346. The number of ether oxygens (including phenoxy) is 2. The van der Waals surface area contributed by atoms with Crippen LogP contribution in [0.15, 0.2) is 29.3 Å². The van der Waals surface area contributed by atoms with Crippen molar-refractivity contribution in [2.24, 2.45) is 4.99 Å². The van der Waals surface area contributed by atoms with E-state index in [1.807, 2.05) is 24.3 Å². The summed E-state index contributed by atoms with van der Waals surface area (Å²) in [5.74, 6) is 0.814. The summed E-state index contributed by atoms with van der Waals surface area (Å²) >= 11 is 0. The summed E-state index contributed by atoms with van der Waals surface area (Å²) in [4.78, 5) is 4.13. The number of hydrogen-bond donors (Lipinski definition) is 1. The van der Waals surface area contributed by atoms with Gasteiger partial charge in [0.15, 0.2) is 0 Å². The summed E-state index contributed by atoms with van der Waals surface area (Å²) in [7, 11) is 1.64.